The number of hydrogen-bond donors (Lipinski definition) is 0. The molecule has 0 radical (unpaired) electrons. The summed E-state index contributed by atoms with van der Waals surface area (Å²) in [6, 6.07) is 0. The third kappa shape index (κ3) is 5.68. The van der Waals surface area contributed by atoms with E-state index in [4.69, 9.17) is 0 Å². The van der Waals surface area contributed by atoms with Crippen LogP contribution in [-0.4, -0.2) is 29.1 Å². The van der Waals surface area contributed by atoms with E-state index in [0.29, 0.717) is 0 Å². The van der Waals surface area contributed by atoms with E-state index in [0.717, 1.165) is 6.54 Å². The summed E-state index contributed by atoms with van der Waals surface area (Å²) in [5, 5.41) is 9.32. The standard InChI is InChI=1S/C8H15N2.C4H3F5O2/c1-3-4-5-10-7-6-9(2)8-10;5-1-3(6,7)4(8,9)2(10)11/h6-8H,3-5H2,1-2H3;1H2,(H,10,11)/q+1;/p-1. The van der Waals surface area contributed by atoms with E-state index in [-0.39, 0.29) is 0 Å². The fraction of sp³-hybridized carbons (Fsp3) is 0.667. The van der Waals surface area contributed by atoms with E-state index in [1.165, 1.54) is 12.8 Å². The van der Waals surface area contributed by atoms with Gasteiger partial charge in [0.25, 0.3) is 0 Å². The highest BCUT2D eigenvalue weighted by molar-refractivity contribution is 5.74. The predicted octanol–water partition coefficient (Wildman–Crippen LogP) is 1.09. The Kier molecular flexibility index (Phi) is 7.31. The van der Waals surface area contributed by atoms with Crippen molar-refractivity contribution in [1.82, 2.24) is 4.57 Å². The molecule has 122 valence electrons. The highest BCUT2D eigenvalue weighted by atomic mass is 19.3. The van der Waals surface area contributed by atoms with Crippen LogP contribution < -0.4 is 9.67 Å². The third-order valence-electron chi connectivity index (χ3n) is 2.48. The third-order valence-corrected chi connectivity index (χ3v) is 2.48. The lowest BCUT2D eigenvalue weighted by atomic mass is 10.2. The molecule has 0 bridgehead atoms. The summed E-state index contributed by atoms with van der Waals surface area (Å²) in [6.07, 6.45) is 8.82. The Morgan fingerprint density at radius 3 is 2.19 bits per heavy atom. The van der Waals surface area contributed by atoms with Gasteiger partial charge >= 0.3 is 11.8 Å². The van der Waals surface area contributed by atoms with Crippen LogP contribution in [0.1, 0.15) is 19.8 Å². The Morgan fingerprint density at radius 2 is 1.90 bits per heavy atom. The average Bonchev–Trinajstić information content (AvgIpc) is 2.82. The number of imidazole rings is 1. The first-order valence-electron chi connectivity index (χ1n) is 6.12. The van der Waals surface area contributed by atoms with Gasteiger partial charge in [-0.2, -0.15) is 17.6 Å². The van der Waals surface area contributed by atoms with Crippen molar-refractivity contribution in [3.63, 3.8) is 0 Å². The van der Waals surface area contributed by atoms with Crippen molar-refractivity contribution in [2.45, 2.75) is 38.2 Å². The molecule has 0 aromatic carbocycles. The molecule has 0 N–H and O–H groups in total. The van der Waals surface area contributed by atoms with Crippen molar-refractivity contribution >= 4 is 5.97 Å². The Bertz CT molecular complexity index is 449. The van der Waals surface area contributed by atoms with Gasteiger partial charge < -0.3 is 9.90 Å². The van der Waals surface area contributed by atoms with Gasteiger partial charge in [-0.3, -0.25) is 0 Å². The SMILES string of the molecule is CCCCn1cc[n+](C)c1.O=C([O-])C(F)(F)C(F)(F)CF. The maximum Gasteiger partial charge on any atom is 0.351 e. The first-order valence-corrected chi connectivity index (χ1v) is 6.12. The number of carboxylic acids is 1. The minimum absolute atomic E-state index is 1.15. The smallest absolute Gasteiger partial charge is 0.351 e. The van der Waals surface area contributed by atoms with Crippen LogP contribution in [0.15, 0.2) is 18.7 Å². The largest absolute Gasteiger partial charge is 0.544 e. The first kappa shape index (κ1) is 19.3. The number of carboxylic acid groups (broad SMARTS) is 1. The molecule has 1 heterocycles. The molecular weight excluding hydrogens is 299 g/mol. The second kappa shape index (κ2) is 7.94. The summed E-state index contributed by atoms with van der Waals surface area (Å²) in [4.78, 5) is 9.32. The zero-order chi connectivity index (χ0) is 16.7. The van der Waals surface area contributed by atoms with Gasteiger partial charge in [0.05, 0.1) is 13.6 Å². The number of aliphatic carboxylic acids is 1. The van der Waals surface area contributed by atoms with Crippen molar-refractivity contribution in [2.24, 2.45) is 7.05 Å². The molecule has 0 aliphatic heterocycles. The van der Waals surface area contributed by atoms with Crippen molar-refractivity contribution in [3.05, 3.63) is 18.7 Å². The lowest BCUT2D eigenvalue weighted by Crippen LogP contribution is -2.54. The Labute approximate surface area is 118 Å². The zero-order valence-corrected chi connectivity index (χ0v) is 11.7. The number of aryl methyl sites for hydroxylation is 2. The van der Waals surface area contributed by atoms with Gasteiger partial charge in [-0.1, -0.05) is 13.3 Å². The van der Waals surface area contributed by atoms with Crippen molar-refractivity contribution < 1.29 is 36.4 Å². The van der Waals surface area contributed by atoms with Gasteiger partial charge in [-0.15, -0.1) is 0 Å². The first-order chi connectivity index (χ1) is 9.58. The lowest BCUT2D eigenvalue weighted by molar-refractivity contribution is -0.671. The van der Waals surface area contributed by atoms with Crippen LogP contribution in [0.3, 0.4) is 0 Å². The number of rotatable bonds is 6. The van der Waals surface area contributed by atoms with E-state index in [2.05, 4.69) is 34.8 Å². The summed E-state index contributed by atoms with van der Waals surface area (Å²) < 4.78 is 62.0. The second-order valence-corrected chi connectivity index (χ2v) is 4.37. The van der Waals surface area contributed by atoms with Crippen LogP contribution in [0.25, 0.3) is 0 Å². The Balaban J connectivity index is 0.000000382. The molecule has 1 aromatic heterocycles. The molecule has 1 rings (SSSR count). The number of hydrogen-bond acceptors (Lipinski definition) is 2. The van der Waals surface area contributed by atoms with Gasteiger partial charge in [-0.25, -0.2) is 13.5 Å². The summed E-state index contributed by atoms with van der Waals surface area (Å²) in [6.45, 7) is 0.620. The highest BCUT2D eigenvalue weighted by Gasteiger charge is 2.57. The number of alkyl halides is 5. The van der Waals surface area contributed by atoms with Crippen LogP contribution in [0.5, 0.6) is 0 Å². The van der Waals surface area contributed by atoms with Crippen molar-refractivity contribution in [3.8, 4) is 0 Å². The van der Waals surface area contributed by atoms with E-state index in [9.17, 15) is 31.9 Å². The summed E-state index contributed by atoms with van der Waals surface area (Å²) in [7, 11) is 2.04. The number of unbranched alkanes of at least 4 members (excludes halogenated alkanes) is 1. The lowest BCUT2D eigenvalue weighted by Gasteiger charge is -2.24. The average molecular weight is 316 g/mol. The molecule has 0 spiro atoms. The van der Waals surface area contributed by atoms with E-state index in [1.54, 1.807) is 0 Å². The highest BCUT2D eigenvalue weighted by Crippen LogP contribution is 2.33. The predicted molar refractivity (Wildman–Crippen MR) is 61.4 cm³/mol. The number of halogens is 5. The molecule has 0 saturated carbocycles. The number of aromatic nitrogens is 2. The Hall–Kier alpha value is -1.67. The molecular formula is C12H17F5N2O2. The minimum atomic E-state index is -5.46. The number of carbonyl (C=O) groups is 1. The molecule has 9 heteroatoms. The quantitative estimate of drug-likeness (QED) is 0.583. The molecule has 4 nitrogen and oxygen atoms in total. The maximum absolute atomic E-state index is 11.7. The summed E-state index contributed by atoms with van der Waals surface area (Å²) >= 11 is 0. The number of carbonyl (C=O) groups excluding carboxylic acids is 1. The topological polar surface area (TPSA) is 48.9 Å². The monoisotopic (exact) mass is 316 g/mol. The van der Waals surface area contributed by atoms with Gasteiger partial charge in [0.2, 0.25) is 6.33 Å². The van der Waals surface area contributed by atoms with Gasteiger partial charge in [-0.05, 0) is 6.42 Å². The zero-order valence-electron chi connectivity index (χ0n) is 11.7. The van der Waals surface area contributed by atoms with Gasteiger partial charge in [0.1, 0.15) is 18.4 Å². The minimum Gasteiger partial charge on any atom is -0.544 e. The van der Waals surface area contributed by atoms with E-state index >= 15 is 0 Å². The van der Waals surface area contributed by atoms with Crippen molar-refractivity contribution in [2.75, 3.05) is 6.67 Å². The molecule has 0 unspecified atom stereocenters. The fourth-order valence-corrected chi connectivity index (χ4v) is 1.21. The molecule has 1 aromatic rings. The second-order valence-electron chi connectivity index (χ2n) is 4.37. The van der Waals surface area contributed by atoms with Crippen LogP contribution in [0.4, 0.5) is 22.0 Å². The molecule has 0 aliphatic rings. The number of nitrogens with zero attached hydrogens (tertiary/aromatic N) is 2. The maximum atomic E-state index is 11.7. The summed E-state index contributed by atoms with van der Waals surface area (Å²) in [5.74, 6) is -14.0. The molecule has 0 fully saturated rings. The Morgan fingerprint density at radius 1 is 1.33 bits per heavy atom. The van der Waals surface area contributed by atoms with Crippen molar-refractivity contribution in [1.29, 1.82) is 0 Å². The molecule has 0 amide bonds. The van der Waals surface area contributed by atoms with Gasteiger partial charge in [0.15, 0.2) is 6.67 Å². The van der Waals surface area contributed by atoms with Crippen LogP contribution >= 0.6 is 0 Å². The molecule has 21 heavy (non-hydrogen) atoms. The van der Waals surface area contributed by atoms with Gasteiger partial charge in [0, 0.05) is 0 Å². The fourth-order valence-electron chi connectivity index (χ4n) is 1.21. The van der Waals surface area contributed by atoms with Crippen LogP contribution in [0, 0.1) is 0 Å². The normalized spacial score (nSPS) is 11.8. The molecule has 0 saturated heterocycles. The van der Waals surface area contributed by atoms with Crippen LogP contribution in [0.2, 0.25) is 0 Å². The molecule has 0 atom stereocenters. The van der Waals surface area contributed by atoms with Crippen LogP contribution in [-0.2, 0) is 18.4 Å². The van der Waals surface area contributed by atoms with E-state index < -0.39 is 24.5 Å². The van der Waals surface area contributed by atoms with E-state index in [1.807, 2.05) is 7.05 Å². The molecule has 0 aliphatic carbocycles. The summed E-state index contributed by atoms with van der Waals surface area (Å²) in [5.41, 5.74) is 0.